The van der Waals surface area contributed by atoms with Gasteiger partial charge in [0.15, 0.2) is 11.5 Å². The number of methoxy groups -OCH3 is 1. The molecule has 0 saturated carbocycles. The molecular weight excluding hydrogens is 360 g/mol. The van der Waals surface area contributed by atoms with E-state index >= 15 is 0 Å². The lowest BCUT2D eigenvalue weighted by Gasteiger charge is -2.27. The molecule has 0 radical (unpaired) electrons. The van der Waals surface area contributed by atoms with E-state index in [1.165, 1.54) is 7.11 Å². The highest BCUT2D eigenvalue weighted by Gasteiger charge is 2.32. The number of amidine groups is 1. The monoisotopic (exact) mass is 380 g/mol. The fraction of sp³-hybridized carbons (Fsp3) is 0.238. The molecule has 1 atom stereocenters. The number of carbonyl (C=O) groups is 1. The number of benzene rings is 2. The lowest BCUT2D eigenvalue weighted by molar-refractivity contribution is -0.140. The minimum absolute atomic E-state index is 0.183. The van der Waals surface area contributed by atoms with E-state index in [0.29, 0.717) is 28.8 Å². The Hall–Kier alpha value is -3.48. The van der Waals surface area contributed by atoms with Crippen molar-refractivity contribution in [1.29, 1.82) is 0 Å². The number of aliphatic imine (C=N–C) groups is 1. The number of esters is 1. The van der Waals surface area contributed by atoms with E-state index in [2.05, 4.69) is 10.3 Å². The summed E-state index contributed by atoms with van der Waals surface area (Å²) >= 11 is 0. The van der Waals surface area contributed by atoms with Crippen molar-refractivity contribution >= 4 is 12.0 Å². The zero-order valence-corrected chi connectivity index (χ0v) is 15.6. The van der Waals surface area contributed by atoms with Crippen LogP contribution in [0.25, 0.3) is 0 Å². The van der Waals surface area contributed by atoms with Gasteiger partial charge in [-0.1, -0.05) is 36.4 Å². The minimum Gasteiger partial charge on any atom is -0.468 e. The van der Waals surface area contributed by atoms with Crippen molar-refractivity contribution in [3.05, 3.63) is 70.9 Å². The van der Waals surface area contributed by atoms with Crippen molar-refractivity contribution in [3.63, 3.8) is 0 Å². The maximum atomic E-state index is 12.9. The first kappa shape index (κ1) is 17.9. The normalized spacial score (nSPS) is 17.6. The SMILES string of the molecule is COC1=NC(C)=C(C(=O)OCc2ccccc2)C(c2ccc3c(c2)OCO3)N1. The number of nitrogens with one attached hydrogen (secondary N) is 1. The molecule has 2 aromatic rings. The number of rotatable bonds is 4. The van der Waals surface area contributed by atoms with Crippen molar-refractivity contribution in [1.82, 2.24) is 5.32 Å². The molecule has 0 saturated heterocycles. The smallest absolute Gasteiger partial charge is 0.338 e. The second kappa shape index (κ2) is 7.64. The van der Waals surface area contributed by atoms with E-state index in [9.17, 15) is 4.79 Å². The molecule has 7 nitrogen and oxygen atoms in total. The van der Waals surface area contributed by atoms with Crippen LogP contribution < -0.4 is 14.8 Å². The molecule has 2 heterocycles. The van der Waals surface area contributed by atoms with Gasteiger partial charge in [-0.05, 0) is 30.2 Å². The van der Waals surface area contributed by atoms with E-state index in [1.54, 1.807) is 6.92 Å². The van der Waals surface area contributed by atoms with Crippen LogP contribution in [0.2, 0.25) is 0 Å². The number of ether oxygens (including phenoxy) is 4. The number of allylic oxidation sites excluding steroid dienone is 1. The zero-order valence-electron chi connectivity index (χ0n) is 15.6. The van der Waals surface area contributed by atoms with Crippen LogP contribution in [-0.4, -0.2) is 25.9 Å². The van der Waals surface area contributed by atoms with Crippen LogP contribution in [0.4, 0.5) is 0 Å². The van der Waals surface area contributed by atoms with E-state index in [4.69, 9.17) is 18.9 Å². The Morgan fingerprint density at radius 1 is 1.18 bits per heavy atom. The van der Waals surface area contributed by atoms with Gasteiger partial charge in [-0.2, -0.15) is 0 Å². The highest BCUT2D eigenvalue weighted by atomic mass is 16.7. The molecule has 2 aliphatic heterocycles. The quantitative estimate of drug-likeness (QED) is 0.822. The van der Waals surface area contributed by atoms with Gasteiger partial charge in [0, 0.05) is 0 Å². The second-order valence-corrected chi connectivity index (χ2v) is 6.37. The summed E-state index contributed by atoms with van der Waals surface area (Å²) in [7, 11) is 1.52. The Bertz CT molecular complexity index is 953. The fourth-order valence-corrected chi connectivity index (χ4v) is 3.16. The first-order valence-corrected chi connectivity index (χ1v) is 8.86. The van der Waals surface area contributed by atoms with Gasteiger partial charge < -0.3 is 24.3 Å². The lowest BCUT2D eigenvalue weighted by atomic mass is 9.96. The Morgan fingerprint density at radius 3 is 2.75 bits per heavy atom. The molecule has 2 aromatic carbocycles. The molecule has 144 valence electrons. The van der Waals surface area contributed by atoms with Crippen molar-refractivity contribution in [2.45, 2.75) is 19.6 Å². The number of fused-ring (bicyclic) bond motifs is 1. The van der Waals surface area contributed by atoms with E-state index in [1.807, 2.05) is 48.5 Å². The maximum absolute atomic E-state index is 12.9. The predicted octanol–water partition coefficient (Wildman–Crippen LogP) is 3.08. The Morgan fingerprint density at radius 2 is 1.96 bits per heavy atom. The van der Waals surface area contributed by atoms with Crippen molar-refractivity contribution in [2.75, 3.05) is 13.9 Å². The summed E-state index contributed by atoms with van der Waals surface area (Å²) in [5, 5.41) is 3.14. The topological polar surface area (TPSA) is 78.4 Å². The van der Waals surface area contributed by atoms with Gasteiger partial charge in [-0.3, -0.25) is 0 Å². The number of nitrogens with zero attached hydrogens (tertiary/aromatic N) is 1. The molecule has 0 aromatic heterocycles. The molecular formula is C21H20N2O5. The summed E-state index contributed by atoms with van der Waals surface area (Å²) in [5.74, 6) is 0.875. The number of hydrogen-bond acceptors (Lipinski definition) is 7. The Labute approximate surface area is 162 Å². The molecule has 1 N–H and O–H groups in total. The second-order valence-electron chi connectivity index (χ2n) is 6.37. The molecule has 1 unspecified atom stereocenters. The van der Waals surface area contributed by atoms with Gasteiger partial charge in [0.1, 0.15) is 6.61 Å². The summed E-state index contributed by atoms with van der Waals surface area (Å²) in [6, 6.07) is 14.9. The summed E-state index contributed by atoms with van der Waals surface area (Å²) in [6.45, 7) is 2.13. The van der Waals surface area contributed by atoms with Crippen LogP contribution in [0.1, 0.15) is 24.1 Å². The third-order valence-corrected chi connectivity index (χ3v) is 4.57. The molecule has 0 fully saturated rings. The van der Waals surface area contributed by atoms with Crippen molar-refractivity contribution in [3.8, 4) is 11.5 Å². The number of carbonyl (C=O) groups excluding carboxylic acids is 1. The third kappa shape index (κ3) is 3.51. The van der Waals surface area contributed by atoms with Crippen LogP contribution in [0.15, 0.2) is 64.8 Å². The van der Waals surface area contributed by atoms with Crippen molar-refractivity contribution in [2.24, 2.45) is 4.99 Å². The summed E-state index contributed by atoms with van der Waals surface area (Å²) in [5.41, 5.74) is 2.70. The van der Waals surface area contributed by atoms with Crippen LogP contribution in [-0.2, 0) is 20.9 Å². The molecule has 0 amide bonds. The van der Waals surface area contributed by atoms with E-state index in [-0.39, 0.29) is 13.4 Å². The maximum Gasteiger partial charge on any atom is 0.338 e. The lowest BCUT2D eigenvalue weighted by Crippen LogP contribution is -2.37. The first-order valence-electron chi connectivity index (χ1n) is 8.86. The minimum atomic E-state index is -0.481. The van der Waals surface area contributed by atoms with Crippen LogP contribution in [0, 0.1) is 0 Å². The molecule has 2 aliphatic rings. The standard InChI is InChI=1S/C21H20N2O5/c1-13-18(20(24)26-11-14-6-4-3-5-7-14)19(23-21(22-13)25-2)15-8-9-16-17(10-15)28-12-27-16/h3-10,19H,11-12H2,1-2H3,(H,22,23). The largest absolute Gasteiger partial charge is 0.468 e. The molecule has 0 aliphatic carbocycles. The van der Waals surface area contributed by atoms with Crippen LogP contribution in [0.5, 0.6) is 11.5 Å². The summed E-state index contributed by atoms with van der Waals surface area (Å²) in [4.78, 5) is 17.2. The predicted molar refractivity (Wildman–Crippen MR) is 102 cm³/mol. The molecule has 28 heavy (non-hydrogen) atoms. The van der Waals surface area contributed by atoms with Crippen LogP contribution >= 0.6 is 0 Å². The fourth-order valence-electron chi connectivity index (χ4n) is 3.16. The summed E-state index contributed by atoms with van der Waals surface area (Å²) < 4.78 is 21.6. The average molecular weight is 380 g/mol. The molecule has 0 spiro atoms. The molecule has 7 heteroatoms. The Kier molecular flexibility index (Phi) is 4.89. The first-order chi connectivity index (χ1) is 13.7. The van der Waals surface area contributed by atoms with Gasteiger partial charge in [0.25, 0.3) is 6.02 Å². The van der Waals surface area contributed by atoms with Gasteiger partial charge in [0.05, 0.1) is 24.4 Å². The van der Waals surface area contributed by atoms with E-state index < -0.39 is 12.0 Å². The van der Waals surface area contributed by atoms with Crippen molar-refractivity contribution < 1.29 is 23.7 Å². The van der Waals surface area contributed by atoms with E-state index in [0.717, 1.165) is 11.1 Å². The van der Waals surface area contributed by atoms with Gasteiger partial charge in [-0.15, -0.1) is 0 Å². The zero-order chi connectivity index (χ0) is 19.5. The van der Waals surface area contributed by atoms with Gasteiger partial charge in [0.2, 0.25) is 6.79 Å². The third-order valence-electron chi connectivity index (χ3n) is 4.57. The van der Waals surface area contributed by atoms with Gasteiger partial charge >= 0.3 is 5.97 Å². The molecule has 0 bridgehead atoms. The molecule has 4 rings (SSSR count). The number of hydrogen-bond donors (Lipinski definition) is 1. The van der Waals surface area contributed by atoms with Gasteiger partial charge in [-0.25, -0.2) is 9.79 Å². The average Bonchev–Trinajstić information content (AvgIpc) is 3.20. The highest BCUT2D eigenvalue weighted by molar-refractivity contribution is 5.94. The van der Waals surface area contributed by atoms with Crippen LogP contribution in [0.3, 0.4) is 0 Å². The summed E-state index contributed by atoms with van der Waals surface area (Å²) in [6.07, 6.45) is 0. The highest BCUT2D eigenvalue weighted by Crippen LogP contribution is 2.37. The Balaban J connectivity index is 1.62.